The predicted octanol–water partition coefficient (Wildman–Crippen LogP) is 3.87. The van der Waals surface area contributed by atoms with Crippen molar-refractivity contribution in [3.05, 3.63) is 77.4 Å². The molecule has 4 nitrogen and oxygen atoms in total. The van der Waals surface area contributed by atoms with Gasteiger partial charge in [0.15, 0.2) is 5.11 Å². The minimum atomic E-state index is -0.276. The zero-order valence-corrected chi connectivity index (χ0v) is 16.2. The third-order valence-electron chi connectivity index (χ3n) is 4.03. The maximum atomic E-state index is 12.2. The quantitative estimate of drug-likeness (QED) is 0.588. The van der Waals surface area contributed by atoms with E-state index in [1.54, 1.807) is 6.08 Å². The smallest absolute Gasteiger partial charge is 0.250 e. The summed E-state index contributed by atoms with van der Waals surface area (Å²) in [5.41, 5.74) is 3.31. The van der Waals surface area contributed by atoms with E-state index in [0.717, 1.165) is 12.0 Å². The highest BCUT2D eigenvalue weighted by molar-refractivity contribution is 7.80. The lowest BCUT2D eigenvalue weighted by Crippen LogP contribution is -2.43. The maximum Gasteiger partial charge on any atom is 0.250 e. The average Bonchev–Trinajstić information content (AvgIpc) is 2.68. The molecule has 0 bridgehead atoms. The van der Waals surface area contributed by atoms with Crippen LogP contribution in [-0.2, 0) is 11.2 Å². The van der Waals surface area contributed by atoms with Gasteiger partial charge in [0.2, 0.25) is 5.91 Å². The van der Waals surface area contributed by atoms with Crippen molar-refractivity contribution >= 4 is 29.3 Å². The fraction of sp³-hybridized carbons (Fsp3) is 0.227. The zero-order chi connectivity index (χ0) is 19.5. The molecule has 27 heavy (non-hydrogen) atoms. The normalized spacial score (nSPS) is 10.4. The molecule has 0 atom stereocenters. The minimum Gasteiger partial charge on any atom is -0.348 e. The van der Waals surface area contributed by atoms with Gasteiger partial charge in [-0.25, -0.2) is 0 Å². The van der Waals surface area contributed by atoms with E-state index in [1.165, 1.54) is 17.2 Å². The van der Waals surface area contributed by atoms with Crippen LogP contribution < -0.4 is 5.32 Å². The Kier molecular flexibility index (Phi) is 8.21. The summed E-state index contributed by atoms with van der Waals surface area (Å²) in [6, 6.07) is 20.1. The Morgan fingerprint density at radius 3 is 2.52 bits per heavy atom. The summed E-state index contributed by atoms with van der Waals surface area (Å²) in [5.74, 6) is -0.276. The second kappa shape index (κ2) is 10.9. The Hall–Kier alpha value is -2.97. The first-order valence-corrected chi connectivity index (χ1v) is 9.25. The van der Waals surface area contributed by atoms with Crippen LogP contribution in [0.3, 0.4) is 0 Å². The Morgan fingerprint density at radius 2 is 1.85 bits per heavy atom. The summed E-state index contributed by atoms with van der Waals surface area (Å²) in [6.07, 6.45) is 4.36. The van der Waals surface area contributed by atoms with Crippen LogP contribution in [-0.4, -0.2) is 29.0 Å². The molecule has 0 aliphatic rings. The monoisotopic (exact) mass is 377 g/mol. The molecule has 2 rings (SSSR count). The van der Waals surface area contributed by atoms with Crippen molar-refractivity contribution in [2.24, 2.45) is 0 Å². The number of amides is 1. The molecule has 0 fully saturated rings. The Balaban J connectivity index is 1.92. The van der Waals surface area contributed by atoms with E-state index in [1.807, 2.05) is 54.3 Å². The first kappa shape index (κ1) is 20.3. The standard InChI is InChI=1S/C22H23N3OS/c1-18-8-10-20(11-9-18)12-13-21(26)24-22(27)25(16-5-15-23)17-14-19-6-3-2-4-7-19/h2-4,6-13H,5,14,16-17H2,1H3,(H,24,26,27)/b13-12+. The fourth-order valence-electron chi connectivity index (χ4n) is 2.48. The number of hydrogen-bond donors (Lipinski definition) is 1. The van der Waals surface area contributed by atoms with Gasteiger partial charge in [-0.2, -0.15) is 5.26 Å². The van der Waals surface area contributed by atoms with Gasteiger partial charge in [-0.05, 0) is 42.8 Å². The molecule has 0 heterocycles. The molecule has 5 heteroatoms. The summed E-state index contributed by atoms with van der Waals surface area (Å²) >= 11 is 5.38. The van der Waals surface area contributed by atoms with Crippen LogP contribution in [0.1, 0.15) is 23.1 Å². The molecule has 0 saturated heterocycles. The van der Waals surface area contributed by atoms with E-state index in [2.05, 4.69) is 23.5 Å². The van der Waals surface area contributed by atoms with Gasteiger partial charge in [0.1, 0.15) is 0 Å². The van der Waals surface area contributed by atoms with Gasteiger partial charge in [-0.1, -0.05) is 60.2 Å². The number of hydrogen-bond acceptors (Lipinski definition) is 3. The summed E-state index contributed by atoms with van der Waals surface area (Å²) in [6.45, 7) is 3.15. The van der Waals surface area contributed by atoms with Crippen LogP contribution >= 0.6 is 12.2 Å². The number of nitrogens with one attached hydrogen (secondary N) is 1. The fourth-order valence-corrected chi connectivity index (χ4v) is 2.77. The van der Waals surface area contributed by atoms with Crippen LogP contribution in [0.2, 0.25) is 0 Å². The predicted molar refractivity (Wildman–Crippen MR) is 113 cm³/mol. The summed E-state index contributed by atoms with van der Waals surface area (Å²) in [5, 5.41) is 12.0. The van der Waals surface area contributed by atoms with Gasteiger partial charge >= 0.3 is 0 Å². The molecule has 0 aliphatic heterocycles. The van der Waals surface area contributed by atoms with Gasteiger partial charge in [-0.3, -0.25) is 10.1 Å². The van der Waals surface area contributed by atoms with E-state index >= 15 is 0 Å². The van der Waals surface area contributed by atoms with E-state index in [-0.39, 0.29) is 5.91 Å². The Bertz CT molecular complexity index is 823. The number of rotatable bonds is 7. The van der Waals surface area contributed by atoms with Crippen molar-refractivity contribution in [2.45, 2.75) is 19.8 Å². The van der Waals surface area contributed by atoms with Crippen molar-refractivity contribution in [1.82, 2.24) is 10.2 Å². The first-order valence-electron chi connectivity index (χ1n) is 8.84. The Morgan fingerprint density at radius 1 is 1.15 bits per heavy atom. The van der Waals surface area contributed by atoms with Gasteiger partial charge in [0, 0.05) is 19.2 Å². The van der Waals surface area contributed by atoms with Crippen molar-refractivity contribution in [2.75, 3.05) is 13.1 Å². The molecule has 1 amide bonds. The van der Waals surface area contributed by atoms with Crippen LogP contribution in [0.5, 0.6) is 0 Å². The van der Waals surface area contributed by atoms with Crippen LogP contribution in [0, 0.1) is 18.3 Å². The number of nitriles is 1. The Labute approximate surface area is 166 Å². The van der Waals surface area contributed by atoms with Crippen molar-refractivity contribution in [3.63, 3.8) is 0 Å². The van der Waals surface area contributed by atoms with Gasteiger partial charge in [-0.15, -0.1) is 0 Å². The molecule has 2 aromatic rings. The second-order valence-electron chi connectivity index (χ2n) is 6.17. The molecule has 0 saturated carbocycles. The van der Waals surface area contributed by atoms with Crippen molar-refractivity contribution in [1.29, 1.82) is 5.26 Å². The van der Waals surface area contributed by atoms with Crippen LogP contribution in [0.4, 0.5) is 0 Å². The highest BCUT2D eigenvalue weighted by Gasteiger charge is 2.11. The number of benzene rings is 2. The van der Waals surface area contributed by atoms with Crippen molar-refractivity contribution in [3.8, 4) is 6.07 Å². The van der Waals surface area contributed by atoms with Gasteiger partial charge < -0.3 is 4.90 Å². The van der Waals surface area contributed by atoms with E-state index in [9.17, 15) is 4.79 Å². The van der Waals surface area contributed by atoms with Crippen LogP contribution in [0.15, 0.2) is 60.7 Å². The van der Waals surface area contributed by atoms with E-state index in [0.29, 0.717) is 24.6 Å². The topological polar surface area (TPSA) is 56.1 Å². The van der Waals surface area contributed by atoms with Gasteiger partial charge in [0.05, 0.1) is 12.5 Å². The molecule has 0 radical (unpaired) electrons. The lowest BCUT2D eigenvalue weighted by molar-refractivity contribution is -0.115. The van der Waals surface area contributed by atoms with Gasteiger partial charge in [0.25, 0.3) is 0 Å². The highest BCUT2D eigenvalue weighted by Crippen LogP contribution is 2.05. The van der Waals surface area contributed by atoms with Crippen molar-refractivity contribution < 1.29 is 4.79 Å². The summed E-state index contributed by atoms with van der Waals surface area (Å²) in [7, 11) is 0. The summed E-state index contributed by atoms with van der Waals surface area (Å²) < 4.78 is 0. The third-order valence-corrected chi connectivity index (χ3v) is 4.39. The highest BCUT2D eigenvalue weighted by atomic mass is 32.1. The molecule has 0 spiro atoms. The zero-order valence-electron chi connectivity index (χ0n) is 15.4. The SMILES string of the molecule is Cc1ccc(/C=C/C(=O)NC(=S)N(CCC#N)CCc2ccccc2)cc1. The number of thiocarbonyl (C=S) groups is 1. The molecular formula is C22H23N3OS. The first-order chi connectivity index (χ1) is 13.1. The molecule has 0 aliphatic carbocycles. The number of aryl methyl sites for hydroxylation is 1. The third kappa shape index (κ3) is 7.43. The van der Waals surface area contributed by atoms with E-state index < -0.39 is 0 Å². The molecule has 2 aromatic carbocycles. The minimum absolute atomic E-state index is 0.276. The maximum absolute atomic E-state index is 12.2. The summed E-state index contributed by atoms with van der Waals surface area (Å²) in [4.78, 5) is 14.0. The molecule has 1 N–H and O–H groups in total. The average molecular weight is 378 g/mol. The second-order valence-corrected chi connectivity index (χ2v) is 6.56. The number of carbonyl (C=O) groups excluding carboxylic acids is 1. The molecular weight excluding hydrogens is 354 g/mol. The lowest BCUT2D eigenvalue weighted by Gasteiger charge is -2.24. The molecule has 0 aromatic heterocycles. The van der Waals surface area contributed by atoms with Crippen LogP contribution in [0.25, 0.3) is 6.08 Å². The molecule has 138 valence electrons. The largest absolute Gasteiger partial charge is 0.348 e. The van der Waals surface area contributed by atoms with E-state index in [4.69, 9.17) is 17.5 Å². The molecule has 0 unspecified atom stereocenters. The number of nitrogens with zero attached hydrogens (tertiary/aromatic N) is 2. The lowest BCUT2D eigenvalue weighted by atomic mass is 10.1. The number of carbonyl (C=O) groups is 1.